The van der Waals surface area contributed by atoms with Crippen molar-refractivity contribution in [3.8, 4) is 0 Å². The molecule has 0 bridgehead atoms. The SMILES string of the molecule is CCNC(=NCC(O)c1ccco1)N(C)Cc1cccc(F)c1. The fourth-order valence-corrected chi connectivity index (χ4v) is 2.20. The Labute approximate surface area is 135 Å². The normalized spacial score (nSPS) is 13.0. The van der Waals surface area contributed by atoms with E-state index in [2.05, 4.69) is 10.3 Å². The van der Waals surface area contributed by atoms with E-state index in [9.17, 15) is 9.50 Å². The van der Waals surface area contributed by atoms with Crippen LogP contribution in [0.2, 0.25) is 0 Å². The first-order chi connectivity index (χ1) is 11.1. The van der Waals surface area contributed by atoms with E-state index in [1.165, 1.54) is 18.4 Å². The fraction of sp³-hybridized carbons (Fsp3) is 0.353. The summed E-state index contributed by atoms with van der Waals surface area (Å²) in [7, 11) is 1.87. The molecule has 5 nitrogen and oxygen atoms in total. The molecule has 0 aliphatic heterocycles. The quantitative estimate of drug-likeness (QED) is 0.634. The fourth-order valence-electron chi connectivity index (χ4n) is 2.20. The molecule has 2 rings (SSSR count). The summed E-state index contributed by atoms with van der Waals surface area (Å²) in [4.78, 5) is 6.30. The predicted molar refractivity (Wildman–Crippen MR) is 87.5 cm³/mol. The molecule has 0 fully saturated rings. The molecule has 1 aromatic carbocycles. The lowest BCUT2D eigenvalue weighted by Gasteiger charge is -2.22. The van der Waals surface area contributed by atoms with E-state index >= 15 is 0 Å². The molecule has 0 aliphatic rings. The number of aliphatic hydroxyl groups excluding tert-OH is 1. The van der Waals surface area contributed by atoms with Crippen molar-refractivity contribution < 1.29 is 13.9 Å². The van der Waals surface area contributed by atoms with Crippen LogP contribution < -0.4 is 5.32 Å². The smallest absolute Gasteiger partial charge is 0.194 e. The van der Waals surface area contributed by atoms with Crippen molar-refractivity contribution in [3.63, 3.8) is 0 Å². The van der Waals surface area contributed by atoms with Crippen LogP contribution in [0.25, 0.3) is 0 Å². The summed E-state index contributed by atoms with van der Waals surface area (Å²) in [6.45, 7) is 3.36. The van der Waals surface area contributed by atoms with Crippen molar-refractivity contribution in [1.29, 1.82) is 0 Å². The number of aliphatic hydroxyl groups is 1. The highest BCUT2D eigenvalue weighted by molar-refractivity contribution is 5.79. The molecule has 1 unspecified atom stereocenters. The van der Waals surface area contributed by atoms with E-state index < -0.39 is 6.10 Å². The van der Waals surface area contributed by atoms with Gasteiger partial charge >= 0.3 is 0 Å². The summed E-state index contributed by atoms with van der Waals surface area (Å²) in [5.41, 5.74) is 0.852. The van der Waals surface area contributed by atoms with Crippen molar-refractivity contribution in [3.05, 3.63) is 59.8 Å². The highest BCUT2D eigenvalue weighted by Gasteiger charge is 2.12. The number of guanidine groups is 1. The second-order valence-electron chi connectivity index (χ2n) is 5.21. The van der Waals surface area contributed by atoms with Crippen LogP contribution in [0.3, 0.4) is 0 Å². The van der Waals surface area contributed by atoms with Crippen molar-refractivity contribution in [2.24, 2.45) is 4.99 Å². The molecule has 0 radical (unpaired) electrons. The Morgan fingerprint density at radius 1 is 1.39 bits per heavy atom. The third-order valence-corrected chi connectivity index (χ3v) is 3.29. The van der Waals surface area contributed by atoms with Gasteiger partial charge in [0.25, 0.3) is 0 Å². The number of benzene rings is 1. The van der Waals surface area contributed by atoms with Crippen LogP contribution in [-0.4, -0.2) is 36.1 Å². The molecule has 0 saturated carbocycles. The molecule has 1 atom stereocenters. The summed E-state index contributed by atoms with van der Waals surface area (Å²) in [6.07, 6.45) is 0.727. The largest absolute Gasteiger partial charge is 0.467 e. The lowest BCUT2D eigenvalue weighted by atomic mass is 10.2. The highest BCUT2D eigenvalue weighted by Crippen LogP contribution is 2.13. The van der Waals surface area contributed by atoms with E-state index in [1.807, 2.05) is 24.9 Å². The first kappa shape index (κ1) is 17.0. The minimum absolute atomic E-state index is 0.184. The molecule has 1 heterocycles. The molecule has 6 heteroatoms. The van der Waals surface area contributed by atoms with Gasteiger partial charge in [0.2, 0.25) is 0 Å². The number of hydrogen-bond acceptors (Lipinski definition) is 3. The number of aliphatic imine (C=N–C) groups is 1. The van der Waals surface area contributed by atoms with E-state index in [-0.39, 0.29) is 12.4 Å². The lowest BCUT2D eigenvalue weighted by Crippen LogP contribution is -2.38. The molecular formula is C17H22FN3O2. The number of nitrogens with one attached hydrogen (secondary N) is 1. The van der Waals surface area contributed by atoms with Gasteiger partial charge in [-0.15, -0.1) is 0 Å². The Morgan fingerprint density at radius 2 is 2.22 bits per heavy atom. The first-order valence-electron chi connectivity index (χ1n) is 7.55. The van der Waals surface area contributed by atoms with E-state index in [0.717, 1.165) is 5.56 Å². The Hall–Kier alpha value is -2.34. The topological polar surface area (TPSA) is 61.0 Å². The Balaban J connectivity index is 2.02. The van der Waals surface area contributed by atoms with Crippen molar-refractivity contribution in [2.45, 2.75) is 19.6 Å². The zero-order valence-electron chi connectivity index (χ0n) is 13.4. The molecule has 23 heavy (non-hydrogen) atoms. The van der Waals surface area contributed by atoms with Crippen LogP contribution in [0, 0.1) is 5.82 Å². The highest BCUT2D eigenvalue weighted by atomic mass is 19.1. The third-order valence-electron chi connectivity index (χ3n) is 3.29. The predicted octanol–water partition coefficient (Wildman–Crippen LogP) is 2.55. The molecule has 0 spiro atoms. The van der Waals surface area contributed by atoms with Crippen molar-refractivity contribution in [2.75, 3.05) is 20.1 Å². The van der Waals surface area contributed by atoms with E-state index in [1.54, 1.807) is 18.2 Å². The zero-order valence-corrected chi connectivity index (χ0v) is 13.4. The van der Waals surface area contributed by atoms with E-state index in [4.69, 9.17) is 4.42 Å². The van der Waals surface area contributed by atoms with Gasteiger partial charge < -0.3 is 19.7 Å². The summed E-state index contributed by atoms with van der Waals surface area (Å²) in [5.74, 6) is 0.867. The summed E-state index contributed by atoms with van der Waals surface area (Å²) in [5, 5.41) is 13.2. The molecule has 0 saturated heterocycles. The van der Waals surface area contributed by atoms with Crippen LogP contribution >= 0.6 is 0 Å². The number of rotatable bonds is 6. The third kappa shape index (κ3) is 5.10. The zero-order chi connectivity index (χ0) is 16.7. The van der Waals surface area contributed by atoms with Gasteiger partial charge in [0.1, 0.15) is 17.7 Å². The van der Waals surface area contributed by atoms with Gasteiger partial charge in [-0.25, -0.2) is 9.38 Å². The second kappa shape index (κ2) is 8.33. The average Bonchev–Trinajstić information content (AvgIpc) is 3.05. The lowest BCUT2D eigenvalue weighted by molar-refractivity contribution is 0.158. The molecule has 0 aliphatic carbocycles. The molecule has 124 valence electrons. The van der Waals surface area contributed by atoms with Gasteiger partial charge in [0.05, 0.1) is 12.8 Å². The van der Waals surface area contributed by atoms with Gasteiger partial charge in [0, 0.05) is 20.1 Å². The number of hydrogen-bond donors (Lipinski definition) is 2. The number of nitrogens with zero attached hydrogens (tertiary/aromatic N) is 2. The maximum atomic E-state index is 13.3. The van der Waals surface area contributed by atoms with Crippen LogP contribution in [0.4, 0.5) is 4.39 Å². The maximum Gasteiger partial charge on any atom is 0.194 e. The van der Waals surface area contributed by atoms with E-state index in [0.29, 0.717) is 24.8 Å². The van der Waals surface area contributed by atoms with Gasteiger partial charge in [-0.05, 0) is 36.8 Å². The molecule has 2 N–H and O–H groups in total. The standard InChI is InChI=1S/C17H22FN3O2/c1-3-19-17(20-11-15(22)16-8-5-9-23-16)21(2)12-13-6-4-7-14(18)10-13/h4-10,15,22H,3,11-12H2,1-2H3,(H,19,20). The summed E-state index contributed by atoms with van der Waals surface area (Å²) < 4.78 is 18.4. The van der Waals surface area contributed by atoms with Crippen LogP contribution in [0.5, 0.6) is 0 Å². The molecule has 1 aromatic heterocycles. The molecule has 2 aromatic rings. The van der Waals surface area contributed by atoms with Gasteiger partial charge in [0.15, 0.2) is 5.96 Å². The Morgan fingerprint density at radius 3 is 2.87 bits per heavy atom. The van der Waals surface area contributed by atoms with Crippen LogP contribution in [0.15, 0.2) is 52.1 Å². The number of furan rings is 1. The summed E-state index contributed by atoms with van der Waals surface area (Å²) >= 11 is 0. The van der Waals surface area contributed by atoms with Crippen molar-refractivity contribution >= 4 is 5.96 Å². The van der Waals surface area contributed by atoms with Crippen LogP contribution in [0.1, 0.15) is 24.4 Å². The molecule has 0 amide bonds. The minimum Gasteiger partial charge on any atom is -0.467 e. The van der Waals surface area contributed by atoms with Gasteiger partial charge in [-0.3, -0.25) is 0 Å². The Bertz CT molecular complexity index is 629. The monoisotopic (exact) mass is 319 g/mol. The first-order valence-corrected chi connectivity index (χ1v) is 7.55. The molecular weight excluding hydrogens is 297 g/mol. The van der Waals surface area contributed by atoms with Gasteiger partial charge in [-0.2, -0.15) is 0 Å². The second-order valence-corrected chi connectivity index (χ2v) is 5.21. The number of halogens is 1. The maximum absolute atomic E-state index is 13.3. The van der Waals surface area contributed by atoms with Gasteiger partial charge in [-0.1, -0.05) is 12.1 Å². The minimum atomic E-state index is -0.791. The average molecular weight is 319 g/mol. The summed E-state index contributed by atoms with van der Waals surface area (Å²) in [6, 6.07) is 9.90. The van der Waals surface area contributed by atoms with Crippen molar-refractivity contribution in [1.82, 2.24) is 10.2 Å². The Kier molecular flexibility index (Phi) is 6.17. The van der Waals surface area contributed by atoms with Crippen LogP contribution in [-0.2, 0) is 6.54 Å².